The van der Waals surface area contributed by atoms with Crippen LogP contribution in [0.15, 0.2) is 6.07 Å². The molecule has 0 radical (unpaired) electrons. The third-order valence-electron chi connectivity index (χ3n) is 5.02. The number of nitrogens with zero attached hydrogens (tertiary/aromatic N) is 2. The van der Waals surface area contributed by atoms with Crippen molar-refractivity contribution in [2.45, 2.75) is 57.0 Å². The molecule has 156 valence electrons. The number of aromatic nitrogens is 2. The van der Waals surface area contributed by atoms with Crippen molar-refractivity contribution in [2.24, 2.45) is 5.41 Å². The maximum absolute atomic E-state index is 12.8. The van der Waals surface area contributed by atoms with Crippen LogP contribution in [0.25, 0.3) is 0 Å². The Morgan fingerprint density at radius 1 is 1.21 bits per heavy atom. The normalized spacial score (nSPS) is 27.3. The summed E-state index contributed by atoms with van der Waals surface area (Å²) in [5.74, 6) is -0.143. The molecule has 1 heterocycles. The van der Waals surface area contributed by atoms with Gasteiger partial charge in [-0.2, -0.15) is 31.3 Å². The Labute approximate surface area is 156 Å². The van der Waals surface area contributed by atoms with Crippen molar-refractivity contribution in [1.29, 1.82) is 0 Å². The Morgan fingerprint density at radius 3 is 2.36 bits per heavy atom. The van der Waals surface area contributed by atoms with Crippen LogP contribution in [0.3, 0.4) is 0 Å². The summed E-state index contributed by atoms with van der Waals surface area (Å²) < 4.78 is 80.0. The molecule has 3 aliphatic carbocycles. The second-order valence-electron chi connectivity index (χ2n) is 7.49. The summed E-state index contributed by atoms with van der Waals surface area (Å²) in [6.07, 6.45) is -9.24. The number of hydrogen-bond donors (Lipinski definition) is 2. The van der Waals surface area contributed by atoms with Crippen molar-refractivity contribution in [3.63, 3.8) is 0 Å². The second kappa shape index (κ2) is 6.38. The molecule has 6 nitrogen and oxygen atoms in total. The van der Waals surface area contributed by atoms with E-state index in [0.29, 0.717) is 0 Å². The highest BCUT2D eigenvalue weighted by atomic mass is 19.4. The number of carbonyl (C=O) groups excluding carboxylic acids is 1. The van der Waals surface area contributed by atoms with Gasteiger partial charge in [-0.3, -0.25) is 0 Å². The molecular weight excluding hydrogens is 394 g/mol. The van der Waals surface area contributed by atoms with E-state index in [0.717, 1.165) is 0 Å². The van der Waals surface area contributed by atoms with Gasteiger partial charge in [-0.25, -0.2) is 9.78 Å². The fourth-order valence-corrected chi connectivity index (χ4v) is 3.78. The summed E-state index contributed by atoms with van der Waals surface area (Å²) >= 11 is 0. The van der Waals surface area contributed by atoms with Gasteiger partial charge >= 0.3 is 18.4 Å². The van der Waals surface area contributed by atoms with Crippen molar-refractivity contribution in [2.75, 3.05) is 6.61 Å². The lowest BCUT2D eigenvalue weighted by molar-refractivity contribution is -0.336. The minimum absolute atomic E-state index is 0.145. The van der Waals surface area contributed by atoms with Gasteiger partial charge in [-0.15, -0.1) is 0 Å². The first-order valence-electron chi connectivity index (χ1n) is 8.43. The van der Waals surface area contributed by atoms with E-state index in [1.165, 1.54) is 19.9 Å². The smallest absolute Gasteiger partial charge is 0.422 e. The Morgan fingerprint density at radius 2 is 1.82 bits per heavy atom. The van der Waals surface area contributed by atoms with Crippen molar-refractivity contribution < 1.29 is 35.9 Å². The van der Waals surface area contributed by atoms with E-state index in [9.17, 15) is 31.1 Å². The lowest BCUT2D eigenvalue weighted by atomic mass is 9.39. The number of amides is 2. The molecule has 3 fully saturated rings. The van der Waals surface area contributed by atoms with Crippen LogP contribution in [0, 0.1) is 12.3 Å². The molecule has 1 aromatic rings. The number of hydrogen-bond acceptors (Lipinski definition) is 4. The molecule has 0 aromatic carbocycles. The highest BCUT2D eigenvalue weighted by molar-refractivity contribution is 5.76. The number of aryl methyl sites for hydroxylation is 1. The lowest BCUT2D eigenvalue weighted by Gasteiger charge is -2.70. The maximum Gasteiger partial charge on any atom is 0.422 e. The molecule has 2 N–H and O–H groups in total. The topological polar surface area (TPSA) is 76.1 Å². The van der Waals surface area contributed by atoms with E-state index in [1.807, 2.05) is 0 Å². The molecule has 3 saturated carbocycles. The molecule has 4 rings (SSSR count). The monoisotopic (exact) mass is 412 g/mol. The van der Waals surface area contributed by atoms with Gasteiger partial charge in [0.2, 0.25) is 5.88 Å². The first kappa shape index (κ1) is 20.5. The second-order valence-corrected chi connectivity index (χ2v) is 7.49. The number of halogens is 6. The fraction of sp³-hybridized carbons (Fsp3) is 0.688. The third kappa shape index (κ3) is 3.95. The van der Waals surface area contributed by atoms with Crippen LogP contribution < -0.4 is 15.4 Å². The van der Waals surface area contributed by atoms with Crippen LogP contribution in [0.2, 0.25) is 0 Å². The van der Waals surface area contributed by atoms with Crippen molar-refractivity contribution in [3.8, 4) is 5.88 Å². The first-order chi connectivity index (χ1) is 12.7. The summed E-state index contributed by atoms with van der Waals surface area (Å²) in [7, 11) is 0. The standard InChI is InChI=1S/C16H18F6N4O2/c1-8(10-3-11(25-9(2)24-10)28-7-15(17,18)19)23-12(27)26-14-4-13(5-14,6-14)16(20,21)22/h3,8H,4-7H2,1-2H3,(H2,23,26,27). The van der Waals surface area contributed by atoms with E-state index in [4.69, 9.17) is 0 Å². The summed E-state index contributed by atoms with van der Waals surface area (Å²) in [4.78, 5) is 19.9. The van der Waals surface area contributed by atoms with Gasteiger partial charge in [0.15, 0.2) is 6.61 Å². The summed E-state index contributed by atoms with van der Waals surface area (Å²) in [5.41, 5.74) is -2.31. The molecule has 1 atom stereocenters. The van der Waals surface area contributed by atoms with Crippen LogP contribution in [0.4, 0.5) is 31.1 Å². The zero-order valence-corrected chi connectivity index (χ0v) is 15.0. The lowest BCUT2D eigenvalue weighted by Crippen LogP contribution is -2.79. The predicted molar refractivity (Wildman–Crippen MR) is 83.5 cm³/mol. The van der Waals surface area contributed by atoms with E-state index in [2.05, 4.69) is 25.3 Å². The Balaban J connectivity index is 1.56. The van der Waals surface area contributed by atoms with Gasteiger partial charge in [0.25, 0.3) is 0 Å². The van der Waals surface area contributed by atoms with Gasteiger partial charge in [0, 0.05) is 11.6 Å². The SMILES string of the molecule is Cc1nc(OCC(F)(F)F)cc(C(C)NC(=O)NC23CC(C(F)(F)F)(C2)C3)n1. The molecule has 2 bridgehead atoms. The number of carbonyl (C=O) groups is 1. The first-order valence-corrected chi connectivity index (χ1v) is 8.43. The highest BCUT2D eigenvalue weighted by Gasteiger charge is 2.79. The fourth-order valence-electron chi connectivity index (χ4n) is 3.78. The zero-order valence-electron chi connectivity index (χ0n) is 15.0. The average molecular weight is 412 g/mol. The van der Waals surface area contributed by atoms with Crippen LogP contribution >= 0.6 is 0 Å². The molecule has 1 unspecified atom stereocenters. The van der Waals surface area contributed by atoms with Crippen LogP contribution in [0.5, 0.6) is 5.88 Å². The van der Waals surface area contributed by atoms with Crippen molar-refractivity contribution in [1.82, 2.24) is 20.6 Å². The number of alkyl halides is 6. The highest BCUT2D eigenvalue weighted by Crippen LogP contribution is 2.73. The zero-order chi connectivity index (χ0) is 21.0. The Hall–Kier alpha value is -2.27. The van der Waals surface area contributed by atoms with Gasteiger partial charge in [-0.1, -0.05) is 0 Å². The molecule has 0 spiro atoms. The maximum atomic E-state index is 12.8. The van der Waals surface area contributed by atoms with Crippen LogP contribution in [0.1, 0.15) is 43.7 Å². The molecule has 3 aliphatic rings. The van der Waals surface area contributed by atoms with Crippen molar-refractivity contribution in [3.05, 3.63) is 17.6 Å². The number of urea groups is 1. The van der Waals surface area contributed by atoms with Gasteiger partial charge in [0.1, 0.15) is 5.82 Å². The Bertz CT molecular complexity index is 760. The predicted octanol–water partition coefficient (Wildman–Crippen LogP) is 3.57. The number of rotatable bonds is 5. The van der Waals surface area contributed by atoms with Crippen molar-refractivity contribution >= 4 is 6.03 Å². The summed E-state index contributed by atoms with van der Waals surface area (Å²) in [5, 5.41) is 5.08. The molecule has 12 heteroatoms. The third-order valence-corrected chi connectivity index (χ3v) is 5.02. The van der Waals surface area contributed by atoms with Crippen LogP contribution in [-0.2, 0) is 0 Å². The minimum atomic E-state index is -4.53. The van der Waals surface area contributed by atoms with E-state index in [-0.39, 0.29) is 36.7 Å². The quantitative estimate of drug-likeness (QED) is 0.725. The van der Waals surface area contributed by atoms with Gasteiger partial charge in [0.05, 0.1) is 17.2 Å². The molecule has 0 saturated heterocycles. The molecule has 1 aromatic heterocycles. The Kier molecular flexibility index (Phi) is 4.66. The summed E-state index contributed by atoms with van der Waals surface area (Å²) in [6.45, 7) is 1.47. The molecule has 2 amide bonds. The molecular formula is C16H18F6N4O2. The minimum Gasteiger partial charge on any atom is -0.468 e. The van der Waals surface area contributed by atoms with Gasteiger partial charge < -0.3 is 15.4 Å². The van der Waals surface area contributed by atoms with E-state index >= 15 is 0 Å². The van der Waals surface area contributed by atoms with E-state index < -0.39 is 42.0 Å². The average Bonchev–Trinajstić information content (AvgIpc) is 2.44. The van der Waals surface area contributed by atoms with Crippen LogP contribution in [-0.4, -0.2) is 40.5 Å². The number of ether oxygens (including phenoxy) is 1. The molecule has 28 heavy (non-hydrogen) atoms. The van der Waals surface area contributed by atoms with E-state index in [1.54, 1.807) is 0 Å². The van der Waals surface area contributed by atoms with Gasteiger partial charge in [-0.05, 0) is 33.1 Å². The largest absolute Gasteiger partial charge is 0.468 e. The summed E-state index contributed by atoms with van der Waals surface area (Å²) in [6, 6.07) is -0.223. The molecule has 0 aliphatic heterocycles. The number of nitrogens with one attached hydrogen (secondary N) is 2.